The predicted octanol–water partition coefficient (Wildman–Crippen LogP) is -1.20. The second kappa shape index (κ2) is 5.61. The van der Waals surface area contributed by atoms with Crippen molar-refractivity contribution >= 4 is 16.0 Å². The van der Waals surface area contributed by atoms with Crippen LogP contribution in [-0.2, 0) is 10.0 Å². The molecule has 0 aliphatic heterocycles. The molecular formula is C10H14N2O6S. The molecule has 0 aliphatic rings. The molecule has 4 N–H and O–H groups in total. The Labute approximate surface area is 109 Å². The maximum absolute atomic E-state index is 11.9. The fraction of sp³-hybridized carbons (Fsp3) is 0.400. The number of rotatable bonds is 6. The summed E-state index contributed by atoms with van der Waals surface area (Å²) in [6.07, 6.45) is 0.909. The standard InChI is InChI=1S/C10H14N2O6S/c1-10(5-13,6-14)12-19(17,18)8-3-2-7(4-11-8)9(15)16/h2-4,12-14H,5-6H2,1H3,(H,15,16). The van der Waals surface area contributed by atoms with E-state index in [1.807, 2.05) is 0 Å². The molecule has 0 saturated heterocycles. The van der Waals surface area contributed by atoms with Crippen LogP contribution in [0.25, 0.3) is 0 Å². The van der Waals surface area contributed by atoms with Crippen LogP contribution in [0.15, 0.2) is 23.4 Å². The van der Waals surface area contributed by atoms with Crippen LogP contribution in [-0.4, -0.2) is 53.4 Å². The van der Waals surface area contributed by atoms with E-state index in [-0.39, 0.29) is 5.56 Å². The van der Waals surface area contributed by atoms with Crippen molar-refractivity contribution in [2.75, 3.05) is 13.2 Å². The van der Waals surface area contributed by atoms with Gasteiger partial charge < -0.3 is 15.3 Å². The van der Waals surface area contributed by atoms with E-state index < -0.39 is 39.8 Å². The van der Waals surface area contributed by atoms with Gasteiger partial charge >= 0.3 is 5.97 Å². The predicted molar refractivity (Wildman–Crippen MR) is 64.1 cm³/mol. The second-order valence-electron chi connectivity index (χ2n) is 4.17. The van der Waals surface area contributed by atoms with Crippen LogP contribution in [0, 0.1) is 0 Å². The first-order chi connectivity index (χ1) is 8.74. The van der Waals surface area contributed by atoms with Gasteiger partial charge in [0.15, 0.2) is 5.03 Å². The smallest absolute Gasteiger partial charge is 0.337 e. The third-order valence-corrected chi connectivity index (χ3v) is 3.89. The molecule has 0 spiro atoms. The average molecular weight is 290 g/mol. The number of aromatic nitrogens is 1. The third-order valence-electron chi connectivity index (χ3n) is 2.34. The molecular weight excluding hydrogens is 276 g/mol. The average Bonchev–Trinajstić information content (AvgIpc) is 2.38. The Kier molecular flexibility index (Phi) is 4.58. The van der Waals surface area contributed by atoms with Crippen molar-refractivity contribution in [3.63, 3.8) is 0 Å². The highest BCUT2D eigenvalue weighted by molar-refractivity contribution is 7.89. The molecule has 0 aromatic carbocycles. The normalized spacial score (nSPS) is 12.4. The Morgan fingerprint density at radius 1 is 1.37 bits per heavy atom. The number of nitrogens with one attached hydrogen (secondary N) is 1. The molecule has 1 heterocycles. The molecule has 0 atom stereocenters. The van der Waals surface area contributed by atoms with Gasteiger partial charge in [0.05, 0.1) is 24.3 Å². The Hall–Kier alpha value is -1.55. The largest absolute Gasteiger partial charge is 0.478 e. The van der Waals surface area contributed by atoms with Gasteiger partial charge in [-0.15, -0.1) is 0 Å². The number of nitrogens with zero attached hydrogens (tertiary/aromatic N) is 1. The van der Waals surface area contributed by atoms with Gasteiger partial charge in [-0.05, 0) is 19.1 Å². The van der Waals surface area contributed by atoms with Crippen LogP contribution in [0.4, 0.5) is 0 Å². The van der Waals surface area contributed by atoms with Gasteiger partial charge in [-0.25, -0.2) is 18.2 Å². The number of carbonyl (C=O) groups is 1. The minimum absolute atomic E-state index is 0.147. The highest BCUT2D eigenvalue weighted by Gasteiger charge is 2.30. The minimum Gasteiger partial charge on any atom is -0.478 e. The van der Waals surface area contributed by atoms with Gasteiger partial charge in [-0.1, -0.05) is 0 Å². The van der Waals surface area contributed by atoms with Crippen molar-refractivity contribution in [1.82, 2.24) is 9.71 Å². The Balaban J connectivity index is 3.04. The minimum atomic E-state index is -4.06. The van der Waals surface area contributed by atoms with Crippen molar-refractivity contribution in [1.29, 1.82) is 0 Å². The van der Waals surface area contributed by atoms with Gasteiger partial charge in [-0.3, -0.25) is 0 Å². The fourth-order valence-corrected chi connectivity index (χ4v) is 2.48. The van der Waals surface area contributed by atoms with Gasteiger partial charge in [0.2, 0.25) is 0 Å². The first-order valence-electron chi connectivity index (χ1n) is 5.19. The number of aliphatic hydroxyl groups is 2. The first-order valence-corrected chi connectivity index (χ1v) is 6.67. The maximum Gasteiger partial charge on any atom is 0.337 e. The number of pyridine rings is 1. The highest BCUT2D eigenvalue weighted by Crippen LogP contribution is 2.11. The van der Waals surface area contributed by atoms with E-state index in [1.165, 1.54) is 6.92 Å². The lowest BCUT2D eigenvalue weighted by Crippen LogP contribution is -2.51. The Morgan fingerprint density at radius 2 is 1.95 bits per heavy atom. The first kappa shape index (κ1) is 15.5. The van der Waals surface area contributed by atoms with E-state index >= 15 is 0 Å². The van der Waals surface area contributed by atoms with E-state index in [4.69, 9.17) is 15.3 Å². The van der Waals surface area contributed by atoms with E-state index in [9.17, 15) is 13.2 Å². The molecule has 1 aromatic rings. The van der Waals surface area contributed by atoms with E-state index in [0.717, 1.165) is 18.3 Å². The number of hydrogen-bond acceptors (Lipinski definition) is 6. The number of aliphatic hydroxyl groups excluding tert-OH is 2. The summed E-state index contributed by atoms with van der Waals surface area (Å²) in [5.41, 5.74) is -1.57. The maximum atomic E-state index is 11.9. The summed E-state index contributed by atoms with van der Waals surface area (Å²) in [7, 11) is -4.06. The molecule has 19 heavy (non-hydrogen) atoms. The van der Waals surface area contributed by atoms with Crippen LogP contribution in [0.3, 0.4) is 0 Å². The number of hydrogen-bond donors (Lipinski definition) is 4. The van der Waals surface area contributed by atoms with Gasteiger partial charge in [-0.2, -0.15) is 4.72 Å². The second-order valence-corrected chi connectivity index (χ2v) is 5.80. The topological polar surface area (TPSA) is 137 Å². The Bertz CT molecular complexity index is 550. The van der Waals surface area contributed by atoms with Crippen molar-refractivity contribution in [2.24, 2.45) is 0 Å². The van der Waals surface area contributed by atoms with Crippen molar-refractivity contribution in [2.45, 2.75) is 17.5 Å². The van der Waals surface area contributed by atoms with E-state index in [1.54, 1.807) is 0 Å². The molecule has 106 valence electrons. The van der Waals surface area contributed by atoms with Crippen LogP contribution >= 0.6 is 0 Å². The van der Waals surface area contributed by atoms with Crippen LogP contribution in [0.2, 0.25) is 0 Å². The van der Waals surface area contributed by atoms with Crippen molar-refractivity contribution in [3.8, 4) is 0 Å². The van der Waals surface area contributed by atoms with Gasteiger partial charge in [0.25, 0.3) is 10.0 Å². The molecule has 8 nitrogen and oxygen atoms in total. The number of aromatic carboxylic acids is 1. The van der Waals surface area contributed by atoms with E-state index in [2.05, 4.69) is 9.71 Å². The summed E-state index contributed by atoms with van der Waals surface area (Å²) in [5, 5.41) is 26.3. The van der Waals surface area contributed by atoms with Crippen LogP contribution < -0.4 is 4.72 Å². The number of carboxylic acid groups (broad SMARTS) is 1. The highest BCUT2D eigenvalue weighted by atomic mass is 32.2. The fourth-order valence-electron chi connectivity index (χ4n) is 1.16. The number of sulfonamides is 1. The zero-order valence-corrected chi connectivity index (χ0v) is 10.9. The molecule has 0 aliphatic carbocycles. The molecule has 0 radical (unpaired) electrons. The lowest BCUT2D eigenvalue weighted by molar-refractivity contribution is 0.0696. The molecule has 0 fully saturated rings. The summed E-state index contributed by atoms with van der Waals surface area (Å²) in [6, 6.07) is 2.13. The SMILES string of the molecule is CC(CO)(CO)NS(=O)(=O)c1ccc(C(=O)O)cn1. The molecule has 9 heteroatoms. The molecule has 1 rings (SSSR count). The summed E-state index contributed by atoms with van der Waals surface area (Å²) < 4.78 is 25.9. The molecule has 0 saturated carbocycles. The lowest BCUT2D eigenvalue weighted by Gasteiger charge is -2.25. The number of carboxylic acids is 1. The zero-order valence-electron chi connectivity index (χ0n) is 10.1. The summed E-state index contributed by atoms with van der Waals surface area (Å²) in [5.74, 6) is -1.22. The quantitative estimate of drug-likeness (QED) is 0.516. The zero-order chi connectivity index (χ0) is 14.7. The molecule has 0 unspecified atom stereocenters. The van der Waals surface area contributed by atoms with E-state index in [0.29, 0.717) is 0 Å². The van der Waals surface area contributed by atoms with Crippen molar-refractivity contribution < 1.29 is 28.5 Å². The monoisotopic (exact) mass is 290 g/mol. The van der Waals surface area contributed by atoms with Crippen LogP contribution in [0.1, 0.15) is 17.3 Å². The van der Waals surface area contributed by atoms with Gasteiger partial charge in [0.1, 0.15) is 0 Å². The lowest BCUT2D eigenvalue weighted by atomic mass is 10.1. The van der Waals surface area contributed by atoms with Gasteiger partial charge in [0, 0.05) is 6.20 Å². The molecule has 1 aromatic heterocycles. The van der Waals surface area contributed by atoms with Crippen molar-refractivity contribution in [3.05, 3.63) is 23.9 Å². The summed E-state index contributed by atoms with van der Waals surface area (Å²) in [4.78, 5) is 14.1. The summed E-state index contributed by atoms with van der Waals surface area (Å²) in [6.45, 7) is 0.113. The molecule has 0 bridgehead atoms. The Morgan fingerprint density at radius 3 is 2.32 bits per heavy atom. The van der Waals surface area contributed by atoms with Crippen LogP contribution in [0.5, 0.6) is 0 Å². The molecule has 0 amide bonds. The third kappa shape index (κ3) is 3.70. The summed E-state index contributed by atoms with van der Waals surface area (Å²) >= 11 is 0.